The van der Waals surface area contributed by atoms with Crippen LogP contribution in [0, 0.1) is 30.6 Å². The highest BCUT2D eigenvalue weighted by molar-refractivity contribution is 5.23. The zero-order chi connectivity index (χ0) is 13.1. The molecule has 0 aromatic carbocycles. The van der Waals surface area contributed by atoms with Crippen LogP contribution in [0.5, 0.6) is 0 Å². The van der Waals surface area contributed by atoms with Crippen LogP contribution in [0.1, 0.15) is 68.2 Å². The Bertz CT molecular complexity index is 460. The lowest BCUT2D eigenvalue weighted by molar-refractivity contribution is -0.00427. The second-order valence-electron chi connectivity index (χ2n) is 7.38. The molecule has 1 unspecified atom stereocenters. The van der Waals surface area contributed by atoms with Crippen molar-refractivity contribution in [3.05, 3.63) is 17.2 Å². The molecule has 4 saturated carbocycles. The minimum atomic E-state index is 0.0179. The van der Waals surface area contributed by atoms with Gasteiger partial charge in [-0.05, 0) is 69.6 Å². The maximum absolute atomic E-state index is 5.98. The fourth-order valence-electron chi connectivity index (χ4n) is 5.41. The first-order valence-electron chi connectivity index (χ1n) is 7.93. The van der Waals surface area contributed by atoms with E-state index in [1.165, 1.54) is 43.5 Å². The Hall–Kier alpha value is -0.830. The lowest BCUT2D eigenvalue weighted by Gasteiger charge is -2.54. The van der Waals surface area contributed by atoms with Crippen LogP contribution in [0.15, 0.2) is 0 Å². The molecule has 1 heterocycles. The van der Waals surface area contributed by atoms with Gasteiger partial charge in [0.25, 0.3) is 0 Å². The topological polar surface area (TPSA) is 54.7 Å². The van der Waals surface area contributed by atoms with Gasteiger partial charge in [0.1, 0.15) is 5.82 Å². The lowest BCUT2D eigenvalue weighted by Crippen LogP contribution is -2.44. The van der Waals surface area contributed by atoms with E-state index in [4.69, 9.17) is 10.7 Å². The predicted octanol–water partition coefficient (Wildman–Crippen LogP) is 3.28. The number of imidazole rings is 1. The summed E-state index contributed by atoms with van der Waals surface area (Å²) in [5.74, 6) is 5.56. The molecule has 4 aliphatic carbocycles. The first kappa shape index (κ1) is 12.0. The maximum Gasteiger partial charge on any atom is 0.123 e. The summed E-state index contributed by atoms with van der Waals surface area (Å²) in [4.78, 5) is 8.29. The standard InChI is InChI=1S/C16H25N3/c1-8(17)16-18-9(2)15(19-16)14-12-4-10-3-11(6-12)7-13(14)5-10/h8,10-14H,3-7,17H2,1-2H3,(H,18,19). The van der Waals surface area contributed by atoms with E-state index in [0.717, 1.165) is 35.4 Å². The van der Waals surface area contributed by atoms with Gasteiger partial charge in [-0.2, -0.15) is 0 Å². The molecule has 1 aromatic heterocycles. The predicted molar refractivity (Wildman–Crippen MR) is 75.7 cm³/mol. The highest BCUT2D eigenvalue weighted by Crippen LogP contribution is 2.59. The molecule has 3 nitrogen and oxygen atoms in total. The van der Waals surface area contributed by atoms with E-state index in [1.54, 1.807) is 0 Å². The van der Waals surface area contributed by atoms with Crippen molar-refractivity contribution >= 4 is 0 Å². The molecule has 19 heavy (non-hydrogen) atoms. The van der Waals surface area contributed by atoms with Crippen LogP contribution in [-0.2, 0) is 0 Å². The lowest BCUT2D eigenvalue weighted by atomic mass is 9.51. The van der Waals surface area contributed by atoms with Gasteiger partial charge in [0.05, 0.1) is 11.7 Å². The first-order valence-corrected chi connectivity index (χ1v) is 7.93. The molecule has 0 spiro atoms. The van der Waals surface area contributed by atoms with Crippen molar-refractivity contribution in [3.63, 3.8) is 0 Å². The molecule has 5 rings (SSSR count). The van der Waals surface area contributed by atoms with Gasteiger partial charge in [-0.1, -0.05) is 0 Å². The monoisotopic (exact) mass is 259 g/mol. The zero-order valence-electron chi connectivity index (χ0n) is 12.0. The van der Waals surface area contributed by atoms with Crippen LogP contribution in [0.3, 0.4) is 0 Å². The summed E-state index contributed by atoms with van der Waals surface area (Å²) in [5.41, 5.74) is 8.59. The van der Waals surface area contributed by atoms with Crippen LogP contribution >= 0.6 is 0 Å². The third kappa shape index (κ3) is 1.78. The molecule has 4 aliphatic rings. The van der Waals surface area contributed by atoms with E-state index >= 15 is 0 Å². The fraction of sp³-hybridized carbons (Fsp3) is 0.812. The largest absolute Gasteiger partial charge is 0.345 e. The van der Waals surface area contributed by atoms with Crippen molar-refractivity contribution < 1.29 is 0 Å². The quantitative estimate of drug-likeness (QED) is 0.856. The number of H-pyrrole nitrogens is 1. The van der Waals surface area contributed by atoms with Crippen LogP contribution in [0.25, 0.3) is 0 Å². The number of hydrogen-bond donors (Lipinski definition) is 2. The van der Waals surface area contributed by atoms with Gasteiger partial charge in [-0.15, -0.1) is 0 Å². The van der Waals surface area contributed by atoms with Crippen molar-refractivity contribution in [3.8, 4) is 0 Å². The van der Waals surface area contributed by atoms with E-state index in [0.29, 0.717) is 0 Å². The number of aromatic nitrogens is 2. The Morgan fingerprint density at radius 2 is 1.68 bits per heavy atom. The number of nitrogens with zero attached hydrogens (tertiary/aromatic N) is 1. The van der Waals surface area contributed by atoms with Gasteiger partial charge in [0.15, 0.2) is 0 Å². The Kier molecular flexibility index (Phi) is 2.57. The molecule has 3 heteroatoms. The van der Waals surface area contributed by atoms with Gasteiger partial charge < -0.3 is 10.7 Å². The molecule has 4 bridgehead atoms. The number of aryl methyl sites for hydroxylation is 1. The maximum atomic E-state index is 5.98. The Morgan fingerprint density at radius 3 is 2.16 bits per heavy atom. The molecule has 3 N–H and O–H groups in total. The third-order valence-corrected chi connectivity index (χ3v) is 5.91. The Morgan fingerprint density at radius 1 is 1.11 bits per heavy atom. The highest BCUT2D eigenvalue weighted by Gasteiger charge is 2.49. The molecular weight excluding hydrogens is 234 g/mol. The average molecular weight is 259 g/mol. The third-order valence-electron chi connectivity index (χ3n) is 5.91. The van der Waals surface area contributed by atoms with Crippen molar-refractivity contribution in [2.45, 2.75) is 57.9 Å². The summed E-state index contributed by atoms with van der Waals surface area (Å²) >= 11 is 0. The van der Waals surface area contributed by atoms with E-state index < -0.39 is 0 Å². The van der Waals surface area contributed by atoms with Crippen LogP contribution in [-0.4, -0.2) is 9.97 Å². The smallest absolute Gasteiger partial charge is 0.123 e. The van der Waals surface area contributed by atoms with Gasteiger partial charge in [-0.25, -0.2) is 4.98 Å². The summed E-state index contributed by atoms with van der Waals surface area (Å²) < 4.78 is 0. The van der Waals surface area contributed by atoms with Gasteiger partial charge in [0.2, 0.25) is 0 Å². The molecule has 1 aromatic rings. The van der Waals surface area contributed by atoms with Crippen LogP contribution < -0.4 is 5.73 Å². The summed E-state index contributed by atoms with van der Waals surface area (Å²) in [7, 11) is 0. The summed E-state index contributed by atoms with van der Waals surface area (Å²) in [6.07, 6.45) is 7.34. The van der Waals surface area contributed by atoms with Gasteiger partial charge in [-0.3, -0.25) is 0 Å². The minimum absolute atomic E-state index is 0.0179. The number of hydrogen-bond acceptors (Lipinski definition) is 2. The van der Waals surface area contributed by atoms with Crippen molar-refractivity contribution in [1.82, 2.24) is 9.97 Å². The van der Waals surface area contributed by atoms with Crippen LogP contribution in [0.4, 0.5) is 0 Å². The average Bonchev–Trinajstić information content (AvgIpc) is 2.70. The van der Waals surface area contributed by atoms with Crippen LogP contribution in [0.2, 0.25) is 0 Å². The number of nitrogens with two attached hydrogens (primary N) is 1. The van der Waals surface area contributed by atoms with Crippen molar-refractivity contribution in [2.75, 3.05) is 0 Å². The normalized spacial score (nSPS) is 41.7. The second-order valence-corrected chi connectivity index (χ2v) is 7.38. The molecule has 104 valence electrons. The molecule has 1 atom stereocenters. The SMILES string of the molecule is Cc1[nH]c(C(C)N)nc1C1C2CC3CC(C2)CC1C3. The fourth-order valence-corrected chi connectivity index (χ4v) is 5.41. The van der Waals surface area contributed by atoms with Gasteiger partial charge in [0, 0.05) is 11.6 Å². The van der Waals surface area contributed by atoms with E-state index in [9.17, 15) is 0 Å². The van der Waals surface area contributed by atoms with Crippen molar-refractivity contribution in [1.29, 1.82) is 0 Å². The molecule has 0 saturated heterocycles. The summed E-state index contributed by atoms with van der Waals surface area (Å²) in [5, 5.41) is 0. The molecule has 0 aliphatic heterocycles. The van der Waals surface area contributed by atoms with E-state index in [1.807, 2.05) is 6.92 Å². The van der Waals surface area contributed by atoms with E-state index in [-0.39, 0.29) is 6.04 Å². The number of nitrogens with one attached hydrogen (secondary N) is 1. The molecule has 0 amide bonds. The number of rotatable bonds is 2. The Balaban J connectivity index is 1.69. The Labute approximate surface area is 115 Å². The van der Waals surface area contributed by atoms with E-state index in [2.05, 4.69) is 11.9 Å². The highest BCUT2D eigenvalue weighted by atomic mass is 15.0. The second kappa shape index (κ2) is 4.08. The zero-order valence-corrected chi connectivity index (χ0v) is 12.0. The number of aromatic amines is 1. The summed E-state index contributed by atoms with van der Waals surface area (Å²) in [6, 6.07) is 0.0179. The molecule has 4 fully saturated rings. The van der Waals surface area contributed by atoms with Gasteiger partial charge >= 0.3 is 0 Å². The first-order chi connectivity index (χ1) is 9.11. The summed E-state index contributed by atoms with van der Waals surface area (Å²) in [6.45, 7) is 4.19. The van der Waals surface area contributed by atoms with Crippen molar-refractivity contribution in [2.24, 2.45) is 29.4 Å². The molecule has 0 radical (unpaired) electrons. The minimum Gasteiger partial charge on any atom is -0.345 e. The molecular formula is C16H25N3.